The number of aromatic nitrogens is 4. The van der Waals surface area contributed by atoms with Gasteiger partial charge in [-0.3, -0.25) is 20.4 Å². The number of hydrogen-bond donors (Lipinski definition) is 2. The zero-order chi connectivity index (χ0) is 49.8. The molecule has 2 atom stereocenters. The van der Waals surface area contributed by atoms with E-state index in [9.17, 15) is 18.4 Å². The van der Waals surface area contributed by atoms with E-state index in [1.54, 1.807) is 81.4 Å². The van der Waals surface area contributed by atoms with E-state index in [2.05, 4.69) is 29.7 Å². The molecule has 370 valence electrons. The van der Waals surface area contributed by atoms with E-state index in [0.29, 0.717) is 54.4 Å². The molecule has 4 aromatic carbocycles. The largest absolute Gasteiger partial charge is 0.286 e. The number of amides is 2. The van der Waals surface area contributed by atoms with E-state index >= 15 is 0 Å². The summed E-state index contributed by atoms with van der Waals surface area (Å²) in [6.07, 6.45) is 11.8. The Morgan fingerprint density at radius 3 is 1.46 bits per heavy atom. The van der Waals surface area contributed by atoms with Crippen LogP contribution in [-0.4, -0.2) is 78.1 Å². The van der Waals surface area contributed by atoms with Gasteiger partial charge in [0.15, 0.2) is 11.4 Å². The van der Waals surface area contributed by atoms with Gasteiger partial charge in [-0.05, 0) is 135 Å². The third-order valence-electron chi connectivity index (χ3n) is 13.0. The number of nitrogens with zero attached hydrogens (tertiary/aromatic N) is 6. The molecule has 2 saturated heterocycles. The fourth-order valence-corrected chi connectivity index (χ4v) is 12.5. The van der Waals surface area contributed by atoms with Crippen molar-refractivity contribution in [3.8, 4) is 11.4 Å². The molecule has 71 heavy (non-hydrogen) atoms. The molecule has 6 aromatic rings. The lowest BCUT2D eigenvalue weighted by molar-refractivity contribution is 0.0365. The van der Waals surface area contributed by atoms with Gasteiger partial charge in [-0.2, -0.15) is 33.7 Å². The van der Waals surface area contributed by atoms with Crippen LogP contribution in [0.1, 0.15) is 113 Å². The minimum atomic E-state index is -0.283. The van der Waals surface area contributed by atoms with E-state index in [1.165, 1.54) is 37.1 Å². The molecule has 2 fully saturated rings. The fourth-order valence-electron chi connectivity index (χ4n) is 9.45. The molecule has 2 amide bonds. The van der Waals surface area contributed by atoms with Crippen molar-refractivity contribution in [2.75, 3.05) is 24.6 Å². The fraction of sp³-hybridized carbons (Fsp3) is 0.321. The molecule has 0 spiro atoms. The normalized spacial score (nSPS) is 19.6. The lowest BCUT2D eigenvalue weighted by Gasteiger charge is -2.38. The molecule has 18 heteroatoms. The SMILES string of the molecule is CC1CCCC(C)N1NC(=O)c1nn(-c2ccc(Cl)cc2Cl)c2c1CSC/C2=C\c1ccc(F)cc1.O=C(NN1CCCCCC1)c1nn(-c2ccc(Cl)cc2Cl)c2c1CSC/C2=C\c1ccc(F)cc1. The van der Waals surface area contributed by atoms with E-state index in [4.69, 9.17) is 56.6 Å². The molecule has 0 saturated carbocycles. The molecular formula is C53H52Cl4F2N8O2S2. The summed E-state index contributed by atoms with van der Waals surface area (Å²) in [6, 6.07) is 23.7. The van der Waals surface area contributed by atoms with Gasteiger partial charge in [0.05, 0.1) is 32.8 Å². The maximum Gasteiger partial charge on any atom is 0.286 e. The molecule has 4 aliphatic rings. The minimum absolute atomic E-state index is 0.212. The van der Waals surface area contributed by atoms with Crippen molar-refractivity contribution in [2.24, 2.45) is 0 Å². The Morgan fingerprint density at radius 1 is 0.592 bits per heavy atom. The lowest BCUT2D eigenvalue weighted by atomic mass is 10.00. The second kappa shape index (κ2) is 23.1. The summed E-state index contributed by atoms with van der Waals surface area (Å²) in [5, 5.41) is 15.6. The molecular weight excluding hydrogens is 1020 g/mol. The van der Waals surface area contributed by atoms with Gasteiger partial charge in [0.2, 0.25) is 0 Å². The topological polar surface area (TPSA) is 100 Å². The summed E-state index contributed by atoms with van der Waals surface area (Å²) < 4.78 is 30.5. The average molecular weight is 1080 g/mol. The third-order valence-corrected chi connectivity index (χ3v) is 16.1. The zero-order valence-corrected chi connectivity index (χ0v) is 43.8. The number of carbonyl (C=O) groups is 2. The number of halogens is 6. The second-order valence-corrected chi connectivity index (χ2v) is 21.8. The van der Waals surface area contributed by atoms with E-state index in [1.807, 2.05) is 29.3 Å². The van der Waals surface area contributed by atoms with Gasteiger partial charge < -0.3 is 0 Å². The summed E-state index contributed by atoms with van der Waals surface area (Å²) in [5.41, 5.74) is 15.4. The molecule has 0 radical (unpaired) electrons. The molecule has 0 bridgehead atoms. The maximum atomic E-state index is 13.6. The molecule has 10 rings (SSSR count). The highest BCUT2D eigenvalue weighted by Gasteiger charge is 2.34. The Morgan fingerprint density at radius 2 is 1.03 bits per heavy atom. The summed E-state index contributed by atoms with van der Waals surface area (Å²) in [7, 11) is 0. The first-order valence-electron chi connectivity index (χ1n) is 23.7. The first kappa shape index (κ1) is 51.3. The van der Waals surface area contributed by atoms with Crippen molar-refractivity contribution < 1.29 is 18.4 Å². The first-order chi connectivity index (χ1) is 34.3. The minimum Gasteiger partial charge on any atom is -0.283 e. The second-order valence-electron chi connectivity index (χ2n) is 18.1. The van der Waals surface area contributed by atoms with Crippen LogP contribution < -0.4 is 10.9 Å². The van der Waals surface area contributed by atoms with Crippen LogP contribution in [0, 0.1) is 11.6 Å². The van der Waals surface area contributed by atoms with Crippen LogP contribution in [0.3, 0.4) is 0 Å². The smallest absolute Gasteiger partial charge is 0.283 e. The van der Waals surface area contributed by atoms with Gasteiger partial charge in [0, 0.05) is 69.4 Å². The molecule has 4 aliphatic heterocycles. The van der Waals surface area contributed by atoms with Crippen molar-refractivity contribution in [3.05, 3.63) is 162 Å². The Balaban J connectivity index is 0.000000176. The van der Waals surface area contributed by atoms with Crippen molar-refractivity contribution in [2.45, 2.75) is 82.4 Å². The zero-order valence-electron chi connectivity index (χ0n) is 39.2. The Bertz CT molecular complexity index is 2980. The van der Waals surface area contributed by atoms with Gasteiger partial charge in [-0.25, -0.2) is 28.2 Å². The highest BCUT2D eigenvalue weighted by Crippen LogP contribution is 2.41. The highest BCUT2D eigenvalue weighted by atomic mass is 35.5. The lowest BCUT2D eigenvalue weighted by Crippen LogP contribution is -2.54. The number of carbonyl (C=O) groups excluding carboxylic acids is 2. The van der Waals surface area contributed by atoms with E-state index in [-0.39, 0.29) is 35.5 Å². The number of benzene rings is 4. The number of fused-ring (bicyclic) bond motifs is 2. The van der Waals surface area contributed by atoms with Gasteiger partial charge in [-0.15, -0.1) is 0 Å². The summed E-state index contributed by atoms with van der Waals surface area (Å²) in [5.74, 6) is 1.76. The standard InChI is InChI=1S/C27H27Cl2FN4OS.C26H25Cl2FN4OS/c1-16-4-3-5-17(2)33(16)32-27(35)25-22-15-36-14-19(12-18-6-9-21(30)10-7-18)26(22)34(31-25)24-11-8-20(28)13-23(24)29;27-19-7-10-23(22(28)14-19)33-25-18(13-17-5-8-20(29)9-6-17)15-35-16-21(25)24(30-33)26(34)31-32-11-3-1-2-4-12-32/h6-13,16-17H,3-5,14-15H2,1-2H3,(H,32,35);5-10,13-14H,1-4,11-12,15-16H2,(H,31,34)/b19-12+;18-13+. The van der Waals surface area contributed by atoms with Crippen LogP contribution in [0.25, 0.3) is 34.7 Å². The molecule has 2 aromatic heterocycles. The number of piperidine rings is 1. The van der Waals surface area contributed by atoms with Crippen molar-refractivity contribution >= 4 is 105 Å². The summed E-state index contributed by atoms with van der Waals surface area (Å²) in [6.45, 7) is 5.94. The van der Waals surface area contributed by atoms with Gasteiger partial charge in [0.1, 0.15) is 11.6 Å². The van der Waals surface area contributed by atoms with E-state index < -0.39 is 0 Å². The van der Waals surface area contributed by atoms with Gasteiger partial charge >= 0.3 is 0 Å². The van der Waals surface area contributed by atoms with Gasteiger partial charge in [0.25, 0.3) is 11.8 Å². The Hall–Kier alpha value is -4.64. The Labute approximate surface area is 441 Å². The molecule has 0 aliphatic carbocycles. The van der Waals surface area contributed by atoms with Gasteiger partial charge in [-0.1, -0.05) is 89.9 Å². The van der Waals surface area contributed by atoms with Crippen LogP contribution in [0.4, 0.5) is 8.78 Å². The highest BCUT2D eigenvalue weighted by molar-refractivity contribution is 7.99. The predicted molar refractivity (Wildman–Crippen MR) is 288 cm³/mol. The van der Waals surface area contributed by atoms with Crippen LogP contribution >= 0.6 is 69.9 Å². The van der Waals surface area contributed by atoms with Crippen molar-refractivity contribution in [1.82, 2.24) is 40.4 Å². The summed E-state index contributed by atoms with van der Waals surface area (Å²) in [4.78, 5) is 27.0. The van der Waals surface area contributed by atoms with E-state index in [0.717, 1.165) is 101 Å². The first-order valence-corrected chi connectivity index (χ1v) is 27.5. The molecule has 2 N–H and O–H groups in total. The summed E-state index contributed by atoms with van der Waals surface area (Å²) >= 11 is 28.9. The van der Waals surface area contributed by atoms with Crippen molar-refractivity contribution in [1.29, 1.82) is 0 Å². The number of rotatable bonds is 8. The average Bonchev–Trinajstić information content (AvgIpc) is 3.83. The van der Waals surface area contributed by atoms with Crippen LogP contribution in [0.2, 0.25) is 20.1 Å². The number of nitrogens with one attached hydrogen (secondary N) is 2. The molecule has 6 heterocycles. The van der Waals surface area contributed by atoms with Crippen LogP contribution in [-0.2, 0) is 11.5 Å². The number of hydrogen-bond acceptors (Lipinski definition) is 8. The molecule has 10 nitrogen and oxygen atoms in total. The quantitative estimate of drug-likeness (QED) is 0.155. The van der Waals surface area contributed by atoms with Crippen molar-refractivity contribution in [3.63, 3.8) is 0 Å². The third kappa shape index (κ3) is 11.9. The van der Waals surface area contributed by atoms with Crippen LogP contribution in [0.15, 0.2) is 84.9 Å². The van der Waals surface area contributed by atoms with Crippen LogP contribution in [0.5, 0.6) is 0 Å². The maximum absolute atomic E-state index is 13.6. The monoisotopic (exact) mass is 1070 g/mol. The number of thioether (sulfide) groups is 2. The predicted octanol–water partition coefficient (Wildman–Crippen LogP) is 13.6. The Kier molecular flexibility index (Phi) is 16.6. The molecule has 2 unspecified atom stereocenters. The number of hydrazine groups is 2.